The van der Waals surface area contributed by atoms with E-state index in [4.69, 9.17) is 0 Å². The van der Waals surface area contributed by atoms with Gasteiger partial charge in [0.2, 0.25) is 0 Å². The summed E-state index contributed by atoms with van der Waals surface area (Å²) in [5.41, 5.74) is 0.476. The third-order valence-corrected chi connectivity index (χ3v) is 2.67. The van der Waals surface area contributed by atoms with Gasteiger partial charge in [0.05, 0.1) is 0 Å². The van der Waals surface area contributed by atoms with Crippen LogP contribution >= 0.6 is 0 Å². The van der Waals surface area contributed by atoms with E-state index in [1.54, 1.807) is 12.1 Å². The van der Waals surface area contributed by atoms with Gasteiger partial charge in [-0.25, -0.2) is 8.78 Å². The van der Waals surface area contributed by atoms with Crippen LogP contribution in [0.3, 0.4) is 0 Å². The Labute approximate surface area is 95.9 Å². The first-order valence-electron chi connectivity index (χ1n) is 5.81. The monoisotopic (exact) mass is 227 g/mol. The van der Waals surface area contributed by atoms with Gasteiger partial charge in [0.15, 0.2) is 11.6 Å². The van der Waals surface area contributed by atoms with Crippen LogP contribution in [0.4, 0.5) is 8.78 Å². The van der Waals surface area contributed by atoms with Crippen molar-refractivity contribution in [3.05, 3.63) is 35.4 Å². The van der Waals surface area contributed by atoms with E-state index in [2.05, 4.69) is 19.2 Å². The molecule has 0 aliphatic rings. The van der Waals surface area contributed by atoms with Gasteiger partial charge in [0, 0.05) is 6.04 Å². The van der Waals surface area contributed by atoms with Crippen LogP contribution in [0.5, 0.6) is 0 Å². The molecular formula is C13H19F2N. The van der Waals surface area contributed by atoms with Crippen molar-refractivity contribution in [3.8, 4) is 0 Å². The Morgan fingerprint density at radius 1 is 1.31 bits per heavy atom. The van der Waals surface area contributed by atoms with Gasteiger partial charge in [0.1, 0.15) is 0 Å². The molecule has 90 valence electrons. The summed E-state index contributed by atoms with van der Waals surface area (Å²) in [5, 5.41) is 3.29. The molecule has 1 aromatic carbocycles. The zero-order valence-corrected chi connectivity index (χ0v) is 9.89. The van der Waals surface area contributed by atoms with E-state index >= 15 is 0 Å². The van der Waals surface area contributed by atoms with E-state index in [-0.39, 0.29) is 0 Å². The Hall–Kier alpha value is -0.960. The first-order valence-corrected chi connectivity index (χ1v) is 5.81. The second-order valence-corrected chi connectivity index (χ2v) is 4.06. The van der Waals surface area contributed by atoms with Crippen LogP contribution in [0.25, 0.3) is 0 Å². The lowest BCUT2D eigenvalue weighted by atomic mass is 10.0. The van der Waals surface area contributed by atoms with Crippen molar-refractivity contribution in [1.82, 2.24) is 5.32 Å². The van der Waals surface area contributed by atoms with E-state index < -0.39 is 11.6 Å². The molecule has 0 aliphatic carbocycles. The molecule has 0 aromatic heterocycles. The van der Waals surface area contributed by atoms with Gasteiger partial charge in [0.25, 0.3) is 0 Å². The number of aryl methyl sites for hydroxylation is 1. The number of hydrogen-bond donors (Lipinski definition) is 1. The second kappa shape index (κ2) is 6.59. The predicted octanol–water partition coefficient (Wildman–Crippen LogP) is 3.29. The third-order valence-electron chi connectivity index (χ3n) is 2.67. The highest BCUT2D eigenvalue weighted by atomic mass is 19.2. The Morgan fingerprint density at radius 3 is 2.75 bits per heavy atom. The van der Waals surface area contributed by atoms with E-state index in [0.29, 0.717) is 18.0 Å². The van der Waals surface area contributed by atoms with Gasteiger partial charge in [-0.1, -0.05) is 19.1 Å². The molecule has 0 fully saturated rings. The van der Waals surface area contributed by atoms with Crippen molar-refractivity contribution in [2.75, 3.05) is 6.54 Å². The molecule has 0 amide bonds. The average Bonchev–Trinajstić information content (AvgIpc) is 2.25. The molecule has 1 atom stereocenters. The van der Waals surface area contributed by atoms with E-state index in [9.17, 15) is 8.78 Å². The molecule has 0 saturated heterocycles. The molecule has 0 spiro atoms. The Kier molecular flexibility index (Phi) is 5.39. The summed E-state index contributed by atoms with van der Waals surface area (Å²) in [7, 11) is 0. The Bertz CT molecular complexity index is 326. The molecule has 0 radical (unpaired) electrons. The quantitative estimate of drug-likeness (QED) is 0.786. The van der Waals surface area contributed by atoms with Crippen molar-refractivity contribution in [2.45, 2.75) is 39.2 Å². The molecule has 1 nitrogen and oxygen atoms in total. The highest BCUT2D eigenvalue weighted by molar-refractivity contribution is 5.18. The summed E-state index contributed by atoms with van der Waals surface area (Å²) >= 11 is 0. The maximum atomic E-state index is 13.3. The number of halogens is 2. The average molecular weight is 227 g/mol. The van der Waals surface area contributed by atoms with E-state index in [0.717, 1.165) is 25.5 Å². The van der Waals surface area contributed by atoms with E-state index in [1.165, 1.54) is 0 Å². The topological polar surface area (TPSA) is 12.0 Å². The van der Waals surface area contributed by atoms with Crippen LogP contribution < -0.4 is 5.32 Å². The summed E-state index contributed by atoms with van der Waals surface area (Å²) < 4.78 is 26.2. The predicted molar refractivity (Wildman–Crippen MR) is 62.4 cm³/mol. The smallest absolute Gasteiger partial charge is 0.162 e. The maximum Gasteiger partial charge on any atom is 0.162 e. The largest absolute Gasteiger partial charge is 0.315 e. The van der Waals surface area contributed by atoms with Crippen LogP contribution in [0, 0.1) is 11.6 Å². The molecule has 1 rings (SSSR count). The Balaban J connectivity index is 2.40. The molecule has 0 bridgehead atoms. The molecule has 0 heterocycles. The fourth-order valence-electron chi connectivity index (χ4n) is 1.79. The van der Waals surface area contributed by atoms with Crippen LogP contribution in [-0.4, -0.2) is 12.6 Å². The molecule has 1 N–H and O–H groups in total. The summed E-state index contributed by atoms with van der Waals surface area (Å²) in [5.74, 6) is -1.45. The van der Waals surface area contributed by atoms with Crippen LogP contribution in [0.15, 0.2) is 18.2 Å². The van der Waals surface area contributed by atoms with Crippen molar-refractivity contribution < 1.29 is 8.78 Å². The summed E-state index contributed by atoms with van der Waals surface area (Å²) in [6.45, 7) is 5.10. The van der Waals surface area contributed by atoms with Crippen LogP contribution in [0.2, 0.25) is 0 Å². The fourth-order valence-corrected chi connectivity index (χ4v) is 1.79. The molecule has 1 unspecified atom stereocenters. The molecule has 0 saturated carbocycles. The lowest BCUT2D eigenvalue weighted by Gasteiger charge is -2.11. The number of nitrogens with one attached hydrogen (secondary N) is 1. The molecule has 0 aliphatic heterocycles. The zero-order chi connectivity index (χ0) is 12.0. The lowest BCUT2D eigenvalue weighted by molar-refractivity contribution is 0.484. The minimum atomic E-state index is -0.753. The van der Waals surface area contributed by atoms with Gasteiger partial charge in [-0.15, -0.1) is 0 Å². The van der Waals surface area contributed by atoms with Gasteiger partial charge in [-0.3, -0.25) is 0 Å². The Morgan fingerprint density at radius 2 is 2.06 bits per heavy atom. The van der Waals surface area contributed by atoms with Gasteiger partial charge < -0.3 is 5.32 Å². The highest BCUT2D eigenvalue weighted by Crippen LogP contribution is 2.14. The minimum absolute atomic E-state index is 0.432. The van der Waals surface area contributed by atoms with Gasteiger partial charge in [-0.2, -0.15) is 0 Å². The number of rotatable bonds is 6. The minimum Gasteiger partial charge on any atom is -0.315 e. The fraction of sp³-hybridized carbons (Fsp3) is 0.538. The van der Waals surface area contributed by atoms with E-state index in [1.807, 2.05) is 0 Å². The summed E-state index contributed by atoms with van der Waals surface area (Å²) in [6, 6.07) is 4.79. The molecule has 3 heteroatoms. The van der Waals surface area contributed by atoms with Gasteiger partial charge in [-0.05, 0) is 44.4 Å². The first-order chi connectivity index (χ1) is 7.65. The summed E-state index contributed by atoms with van der Waals surface area (Å²) in [4.78, 5) is 0. The highest BCUT2D eigenvalue weighted by Gasteiger charge is 2.07. The second-order valence-electron chi connectivity index (χ2n) is 4.06. The summed E-state index contributed by atoms with van der Waals surface area (Å²) in [6.07, 6.45) is 2.44. The van der Waals surface area contributed by atoms with Crippen molar-refractivity contribution in [3.63, 3.8) is 0 Å². The first kappa shape index (κ1) is 13.1. The van der Waals surface area contributed by atoms with Crippen molar-refractivity contribution >= 4 is 0 Å². The van der Waals surface area contributed by atoms with Crippen molar-refractivity contribution in [2.24, 2.45) is 0 Å². The number of hydrogen-bond acceptors (Lipinski definition) is 1. The SMILES string of the molecule is CCNC(C)CCCc1cccc(F)c1F. The van der Waals surface area contributed by atoms with Gasteiger partial charge >= 0.3 is 0 Å². The van der Waals surface area contributed by atoms with Crippen molar-refractivity contribution in [1.29, 1.82) is 0 Å². The normalized spacial score (nSPS) is 12.8. The zero-order valence-electron chi connectivity index (χ0n) is 9.89. The lowest BCUT2D eigenvalue weighted by Crippen LogP contribution is -2.25. The molecule has 1 aromatic rings. The van der Waals surface area contributed by atoms with Crippen LogP contribution in [-0.2, 0) is 6.42 Å². The standard InChI is InChI=1S/C13H19F2N/c1-3-16-10(2)6-4-7-11-8-5-9-12(14)13(11)15/h5,8-10,16H,3-4,6-7H2,1-2H3. The molecular weight excluding hydrogens is 208 g/mol. The molecule has 16 heavy (non-hydrogen) atoms. The number of benzene rings is 1. The third kappa shape index (κ3) is 3.89. The van der Waals surface area contributed by atoms with Crippen LogP contribution in [0.1, 0.15) is 32.3 Å². The maximum absolute atomic E-state index is 13.3.